The van der Waals surface area contributed by atoms with Crippen LogP contribution in [0.1, 0.15) is 47.3 Å². The summed E-state index contributed by atoms with van der Waals surface area (Å²) in [5, 5.41) is 4.61. The maximum atomic E-state index is 5.01. The van der Waals surface area contributed by atoms with Crippen molar-refractivity contribution in [1.29, 1.82) is 0 Å². The zero-order valence-corrected chi connectivity index (χ0v) is 13.1. The molecule has 0 radical (unpaired) electrons. The van der Waals surface area contributed by atoms with Crippen LogP contribution in [0.3, 0.4) is 0 Å². The number of rotatable bonds is 6. The fraction of sp³-hybridized carbons (Fsp3) is 0.471. The fourth-order valence-corrected chi connectivity index (χ4v) is 4.22. The molecule has 1 aliphatic rings. The molecule has 1 aromatic carbocycles. The smallest absolute Gasteiger partial charge is 0.104 e. The van der Waals surface area contributed by atoms with Crippen LogP contribution in [-0.4, -0.2) is 12.0 Å². The van der Waals surface area contributed by atoms with Gasteiger partial charge >= 0.3 is 0 Å². The van der Waals surface area contributed by atoms with Gasteiger partial charge in [0.2, 0.25) is 0 Å². The van der Waals surface area contributed by atoms with Crippen molar-refractivity contribution in [3.8, 4) is 0 Å². The Labute approximate surface area is 125 Å². The van der Waals surface area contributed by atoms with Crippen LogP contribution in [0, 0.1) is 0 Å². The second-order valence-electron chi connectivity index (χ2n) is 5.62. The van der Waals surface area contributed by atoms with Crippen molar-refractivity contribution < 1.29 is 0 Å². The van der Waals surface area contributed by atoms with Crippen LogP contribution in [0.4, 0.5) is 0 Å². The van der Waals surface area contributed by atoms with Crippen LogP contribution in [0.2, 0.25) is 0 Å². The number of benzene rings is 1. The zero-order valence-electron chi connectivity index (χ0n) is 12.3. The maximum Gasteiger partial charge on any atom is 0.104 e. The Hall–Kier alpha value is -1.19. The van der Waals surface area contributed by atoms with E-state index in [0.717, 1.165) is 19.4 Å². The first kappa shape index (κ1) is 13.8. The number of nitrogens with zero attached hydrogens (tertiary/aromatic N) is 1. The molecule has 1 aromatic heterocycles. The third kappa shape index (κ3) is 2.40. The Balaban J connectivity index is 1.96. The van der Waals surface area contributed by atoms with E-state index in [0.29, 0.717) is 0 Å². The van der Waals surface area contributed by atoms with Gasteiger partial charge in [-0.2, -0.15) is 0 Å². The summed E-state index contributed by atoms with van der Waals surface area (Å²) in [7, 11) is 2.01. The minimum Gasteiger partial charge on any atom is -0.315 e. The van der Waals surface area contributed by atoms with Crippen molar-refractivity contribution in [2.24, 2.45) is 0 Å². The normalized spacial score (nSPS) is 16.3. The van der Waals surface area contributed by atoms with E-state index in [1.54, 1.807) is 0 Å². The Kier molecular flexibility index (Phi) is 3.90. The molecule has 1 saturated carbocycles. The summed E-state index contributed by atoms with van der Waals surface area (Å²) in [6.07, 6.45) is 4.75. The van der Waals surface area contributed by atoms with Crippen LogP contribution in [0.25, 0.3) is 0 Å². The molecule has 0 saturated heterocycles. The first-order chi connectivity index (χ1) is 9.80. The van der Waals surface area contributed by atoms with E-state index >= 15 is 0 Å². The van der Waals surface area contributed by atoms with E-state index in [2.05, 4.69) is 42.6 Å². The predicted molar refractivity (Wildman–Crippen MR) is 85.3 cm³/mol. The molecule has 2 nitrogen and oxygen atoms in total. The third-order valence-electron chi connectivity index (χ3n) is 4.09. The van der Waals surface area contributed by atoms with Gasteiger partial charge < -0.3 is 5.32 Å². The van der Waals surface area contributed by atoms with Crippen LogP contribution in [-0.2, 0) is 18.4 Å². The number of nitrogens with one attached hydrogen (secondary N) is 1. The number of aryl methyl sites for hydroxylation is 1. The molecular formula is C17H22N2S. The minimum absolute atomic E-state index is 0.223. The van der Waals surface area contributed by atoms with Crippen molar-refractivity contribution in [1.82, 2.24) is 10.3 Å². The SMILES string of the molecule is CCCc1nc(C2(c3ccccc3)CC2)sc1CNC. The quantitative estimate of drug-likeness (QED) is 0.871. The average molecular weight is 286 g/mol. The molecule has 0 atom stereocenters. The lowest BCUT2D eigenvalue weighted by molar-refractivity contribution is 0.782. The molecule has 0 amide bonds. The molecule has 0 bridgehead atoms. The second kappa shape index (κ2) is 5.66. The molecule has 3 rings (SSSR count). The van der Waals surface area contributed by atoms with Crippen molar-refractivity contribution in [3.63, 3.8) is 0 Å². The average Bonchev–Trinajstić information content (AvgIpc) is 3.20. The van der Waals surface area contributed by atoms with Crippen LogP contribution in [0.5, 0.6) is 0 Å². The molecule has 3 heteroatoms. The Morgan fingerprint density at radius 3 is 2.60 bits per heavy atom. The summed E-state index contributed by atoms with van der Waals surface area (Å²) >= 11 is 1.91. The number of aromatic nitrogens is 1. The van der Waals surface area contributed by atoms with Crippen molar-refractivity contribution in [3.05, 3.63) is 51.5 Å². The molecule has 0 aliphatic heterocycles. The molecular weight excluding hydrogens is 264 g/mol. The van der Waals surface area contributed by atoms with Gasteiger partial charge in [-0.15, -0.1) is 11.3 Å². The van der Waals surface area contributed by atoms with Gasteiger partial charge in [0.15, 0.2) is 0 Å². The van der Waals surface area contributed by atoms with Gasteiger partial charge in [-0.25, -0.2) is 4.98 Å². The summed E-state index contributed by atoms with van der Waals surface area (Å²) in [4.78, 5) is 6.43. The number of hydrogen-bond donors (Lipinski definition) is 1. The minimum atomic E-state index is 0.223. The molecule has 0 unspecified atom stereocenters. The van der Waals surface area contributed by atoms with E-state index in [-0.39, 0.29) is 5.41 Å². The van der Waals surface area contributed by atoms with E-state index in [9.17, 15) is 0 Å². The van der Waals surface area contributed by atoms with Gasteiger partial charge in [0.25, 0.3) is 0 Å². The lowest BCUT2D eigenvalue weighted by Gasteiger charge is -2.12. The summed E-state index contributed by atoms with van der Waals surface area (Å²) < 4.78 is 0. The molecule has 1 fully saturated rings. The van der Waals surface area contributed by atoms with E-state index in [1.165, 1.54) is 34.0 Å². The van der Waals surface area contributed by atoms with Gasteiger partial charge in [-0.3, -0.25) is 0 Å². The topological polar surface area (TPSA) is 24.9 Å². The van der Waals surface area contributed by atoms with Crippen molar-refractivity contribution in [2.45, 2.75) is 44.6 Å². The molecule has 20 heavy (non-hydrogen) atoms. The highest BCUT2D eigenvalue weighted by Crippen LogP contribution is 2.54. The lowest BCUT2D eigenvalue weighted by atomic mass is 9.97. The molecule has 1 aliphatic carbocycles. The van der Waals surface area contributed by atoms with Crippen LogP contribution >= 0.6 is 11.3 Å². The Morgan fingerprint density at radius 2 is 2.00 bits per heavy atom. The van der Waals surface area contributed by atoms with Gasteiger partial charge in [0.05, 0.1) is 5.69 Å². The van der Waals surface area contributed by atoms with Crippen molar-refractivity contribution in [2.75, 3.05) is 7.05 Å². The van der Waals surface area contributed by atoms with Crippen LogP contribution < -0.4 is 5.32 Å². The van der Waals surface area contributed by atoms with Gasteiger partial charge in [-0.1, -0.05) is 43.7 Å². The highest BCUT2D eigenvalue weighted by molar-refractivity contribution is 7.12. The standard InChI is InChI=1S/C17H22N2S/c1-3-7-14-15(12-18-2)20-16(19-14)17(10-11-17)13-8-5-4-6-9-13/h4-6,8-9,18H,3,7,10-12H2,1-2H3. The first-order valence-electron chi connectivity index (χ1n) is 7.49. The van der Waals surface area contributed by atoms with E-state index in [4.69, 9.17) is 4.98 Å². The summed E-state index contributed by atoms with van der Waals surface area (Å²) in [6.45, 7) is 3.17. The third-order valence-corrected chi connectivity index (χ3v) is 5.39. The second-order valence-corrected chi connectivity index (χ2v) is 6.70. The summed E-state index contributed by atoms with van der Waals surface area (Å²) in [5.74, 6) is 0. The maximum absolute atomic E-state index is 5.01. The molecule has 1 heterocycles. The van der Waals surface area contributed by atoms with E-state index in [1.807, 2.05) is 18.4 Å². The Bertz CT molecular complexity index is 546. The Morgan fingerprint density at radius 1 is 1.25 bits per heavy atom. The zero-order chi connectivity index (χ0) is 14.0. The summed E-state index contributed by atoms with van der Waals surface area (Å²) in [5.41, 5.74) is 2.97. The highest BCUT2D eigenvalue weighted by atomic mass is 32.1. The number of hydrogen-bond acceptors (Lipinski definition) is 3. The lowest BCUT2D eigenvalue weighted by Crippen LogP contribution is -2.08. The van der Waals surface area contributed by atoms with Gasteiger partial charge in [0.1, 0.15) is 5.01 Å². The molecule has 0 spiro atoms. The van der Waals surface area contributed by atoms with Gasteiger partial charge in [0, 0.05) is 16.8 Å². The van der Waals surface area contributed by atoms with Gasteiger partial charge in [-0.05, 0) is 31.9 Å². The summed E-state index contributed by atoms with van der Waals surface area (Å²) in [6, 6.07) is 10.9. The monoisotopic (exact) mass is 286 g/mol. The fourth-order valence-electron chi connectivity index (χ4n) is 2.83. The van der Waals surface area contributed by atoms with Crippen LogP contribution in [0.15, 0.2) is 30.3 Å². The first-order valence-corrected chi connectivity index (χ1v) is 8.31. The largest absolute Gasteiger partial charge is 0.315 e. The molecule has 2 aromatic rings. The molecule has 106 valence electrons. The number of thiazole rings is 1. The molecule has 1 N–H and O–H groups in total. The van der Waals surface area contributed by atoms with E-state index < -0.39 is 0 Å². The predicted octanol–water partition coefficient (Wildman–Crippen LogP) is 3.89. The van der Waals surface area contributed by atoms with Crippen molar-refractivity contribution >= 4 is 11.3 Å². The highest BCUT2D eigenvalue weighted by Gasteiger charge is 2.48.